The highest BCUT2D eigenvalue weighted by atomic mass is 19.1. The summed E-state index contributed by atoms with van der Waals surface area (Å²) >= 11 is 0. The number of nitrogens with zero attached hydrogens (tertiary/aromatic N) is 1. The molecule has 0 N–H and O–H groups in total. The summed E-state index contributed by atoms with van der Waals surface area (Å²) < 4.78 is 19.2. The van der Waals surface area contributed by atoms with E-state index in [9.17, 15) is 4.39 Å². The molecule has 1 fully saturated rings. The van der Waals surface area contributed by atoms with Crippen LogP contribution in [0.4, 0.5) is 4.39 Å². The van der Waals surface area contributed by atoms with E-state index in [2.05, 4.69) is 4.90 Å². The maximum absolute atomic E-state index is 13.7. The minimum atomic E-state index is -0.344. The average Bonchev–Trinajstić information content (AvgIpc) is 2.23. The molecule has 1 saturated heterocycles. The second kappa shape index (κ2) is 3.91. The van der Waals surface area contributed by atoms with Gasteiger partial charge in [-0.05, 0) is 20.0 Å². The Labute approximate surface area is 89.7 Å². The first-order valence-electron chi connectivity index (χ1n) is 5.18. The molecule has 1 aliphatic rings. The van der Waals surface area contributed by atoms with Crippen molar-refractivity contribution < 1.29 is 9.13 Å². The van der Waals surface area contributed by atoms with Crippen molar-refractivity contribution in [3.63, 3.8) is 0 Å². The van der Waals surface area contributed by atoms with Gasteiger partial charge in [0.2, 0.25) is 0 Å². The molecule has 0 aromatic heterocycles. The van der Waals surface area contributed by atoms with Crippen molar-refractivity contribution in [3.05, 3.63) is 35.6 Å². The number of halogens is 1. The lowest BCUT2D eigenvalue weighted by Crippen LogP contribution is -2.50. The fourth-order valence-electron chi connectivity index (χ4n) is 2.01. The van der Waals surface area contributed by atoms with Crippen LogP contribution in [0.3, 0.4) is 0 Å². The third-order valence-corrected chi connectivity index (χ3v) is 3.25. The largest absolute Gasteiger partial charge is 0.378 e. The van der Waals surface area contributed by atoms with Crippen molar-refractivity contribution in [1.82, 2.24) is 4.90 Å². The summed E-state index contributed by atoms with van der Waals surface area (Å²) in [6.45, 7) is 4.13. The van der Waals surface area contributed by atoms with Crippen molar-refractivity contribution in [2.75, 3.05) is 26.8 Å². The first-order chi connectivity index (χ1) is 7.14. The van der Waals surface area contributed by atoms with Crippen LogP contribution >= 0.6 is 0 Å². The fourth-order valence-corrected chi connectivity index (χ4v) is 2.01. The summed E-state index contributed by atoms with van der Waals surface area (Å²) in [5.41, 5.74) is 0.371. The van der Waals surface area contributed by atoms with E-state index >= 15 is 0 Å². The molecule has 0 aliphatic carbocycles. The zero-order valence-electron chi connectivity index (χ0n) is 9.16. The highest BCUT2D eigenvalue weighted by Gasteiger charge is 2.36. The molecule has 0 bridgehead atoms. The number of ether oxygens (including phenoxy) is 1. The van der Waals surface area contributed by atoms with Gasteiger partial charge < -0.3 is 4.74 Å². The van der Waals surface area contributed by atoms with E-state index in [1.807, 2.05) is 26.1 Å². The number of morpholine rings is 1. The molecule has 2 nitrogen and oxygen atoms in total. The topological polar surface area (TPSA) is 12.5 Å². The Morgan fingerprint density at radius 3 is 2.80 bits per heavy atom. The maximum Gasteiger partial charge on any atom is 0.128 e. The minimum absolute atomic E-state index is 0.155. The number of benzene rings is 1. The fraction of sp³-hybridized carbons (Fsp3) is 0.500. The minimum Gasteiger partial charge on any atom is -0.378 e. The first-order valence-corrected chi connectivity index (χ1v) is 5.18. The monoisotopic (exact) mass is 209 g/mol. The lowest BCUT2D eigenvalue weighted by Gasteiger charge is -2.42. The van der Waals surface area contributed by atoms with Crippen LogP contribution in [0.2, 0.25) is 0 Å². The van der Waals surface area contributed by atoms with Crippen molar-refractivity contribution in [3.8, 4) is 0 Å². The van der Waals surface area contributed by atoms with Crippen LogP contribution in [0.1, 0.15) is 12.5 Å². The molecule has 1 aromatic carbocycles. The molecule has 0 saturated carbocycles. The Balaban J connectivity index is 2.39. The van der Waals surface area contributed by atoms with Gasteiger partial charge in [0.15, 0.2) is 0 Å². The molecule has 82 valence electrons. The Hall–Kier alpha value is -0.930. The van der Waals surface area contributed by atoms with E-state index in [1.165, 1.54) is 6.07 Å². The highest BCUT2D eigenvalue weighted by molar-refractivity contribution is 5.26. The molecule has 0 radical (unpaired) electrons. The Morgan fingerprint density at radius 2 is 2.13 bits per heavy atom. The second-order valence-electron chi connectivity index (χ2n) is 4.23. The molecular weight excluding hydrogens is 193 g/mol. The summed E-state index contributed by atoms with van der Waals surface area (Å²) in [6.07, 6.45) is 0. The summed E-state index contributed by atoms with van der Waals surface area (Å²) in [4.78, 5) is 2.15. The summed E-state index contributed by atoms with van der Waals surface area (Å²) in [5, 5.41) is 0. The van der Waals surface area contributed by atoms with E-state index in [1.54, 1.807) is 6.07 Å². The Kier molecular flexibility index (Phi) is 2.76. The molecule has 1 aliphatic heterocycles. The van der Waals surface area contributed by atoms with Crippen LogP contribution in [-0.4, -0.2) is 31.7 Å². The highest BCUT2D eigenvalue weighted by Crippen LogP contribution is 2.31. The third-order valence-electron chi connectivity index (χ3n) is 3.25. The van der Waals surface area contributed by atoms with Gasteiger partial charge in [-0.2, -0.15) is 0 Å². The molecule has 3 heteroatoms. The van der Waals surface area contributed by atoms with Crippen LogP contribution in [0.25, 0.3) is 0 Å². The molecule has 15 heavy (non-hydrogen) atoms. The molecule has 1 heterocycles. The van der Waals surface area contributed by atoms with Gasteiger partial charge in [-0.25, -0.2) is 4.39 Å². The smallest absolute Gasteiger partial charge is 0.128 e. The van der Waals surface area contributed by atoms with Gasteiger partial charge in [0.05, 0.1) is 18.8 Å². The first kappa shape index (κ1) is 10.6. The molecular formula is C12H16FNO. The third kappa shape index (κ3) is 1.77. The van der Waals surface area contributed by atoms with Crippen LogP contribution in [0.5, 0.6) is 0 Å². The Bertz CT molecular complexity index is 355. The molecule has 1 unspecified atom stereocenters. The summed E-state index contributed by atoms with van der Waals surface area (Å²) in [5.74, 6) is -0.155. The zero-order chi connectivity index (χ0) is 10.9. The summed E-state index contributed by atoms with van der Waals surface area (Å²) in [6, 6.07) is 6.92. The van der Waals surface area contributed by atoms with Gasteiger partial charge in [0.1, 0.15) is 5.82 Å². The van der Waals surface area contributed by atoms with Crippen molar-refractivity contribution in [1.29, 1.82) is 0 Å². The van der Waals surface area contributed by atoms with Crippen LogP contribution in [0.15, 0.2) is 24.3 Å². The molecule has 1 aromatic rings. The number of hydrogen-bond donors (Lipinski definition) is 0. The average molecular weight is 209 g/mol. The van der Waals surface area contributed by atoms with Gasteiger partial charge in [-0.15, -0.1) is 0 Å². The van der Waals surface area contributed by atoms with Crippen molar-refractivity contribution in [2.24, 2.45) is 0 Å². The van der Waals surface area contributed by atoms with Gasteiger partial charge in [-0.3, -0.25) is 4.90 Å². The Morgan fingerprint density at radius 1 is 1.40 bits per heavy atom. The SMILES string of the molecule is CN1CCOCC1(C)c1ccccc1F. The lowest BCUT2D eigenvalue weighted by atomic mass is 9.90. The normalized spacial score (nSPS) is 27.9. The molecule has 0 amide bonds. The predicted octanol–water partition coefficient (Wildman–Crippen LogP) is 2.00. The molecule has 1 atom stereocenters. The maximum atomic E-state index is 13.7. The van der Waals surface area contributed by atoms with Crippen molar-refractivity contribution >= 4 is 0 Å². The quantitative estimate of drug-likeness (QED) is 0.701. The molecule has 2 rings (SSSR count). The number of hydrogen-bond acceptors (Lipinski definition) is 2. The van der Waals surface area contributed by atoms with Crippen LogP contribution in [-0.2, 0) is 10.3 Å². The number of rotatable bonds is 1. The van der Waals surface area contributed by atoms with E-state index in [0.29, 0.717) is 12.2 Å². The second-order valence-corrected chi connectivity index (χ2v) is 4.23. The number of likely N-dealkylation sites (N-methyl/N-ethyl adjacent to an activating group) is 1. The lowest BCUT2D eigenvalue weighted by molar-refractivity contribution is -0.0515. The van der Waals surface area contributed by atoms with Gasteiger partial charge in [0, 0.05) is 12.1 Å². The van der Waals surface area contributed by atoms with E-state index in [-0.39, 0.29) is 11.4 Å². The molecule has 0 spiro atoms. The van der Waals surface area contributed by atoms with E-state index in [0.717, 1.165) is 13.2 Å². The predicted molar refractivity (Wildman–Crippen MR) is 57.2 cm³/mol. The van der Waals surface area contributed by atoms with Crippen molar-refractivity contribution in [2.45, 2.75) is 12.5 Å². The standard InChI is InChI=1S/C12H16FNO/c1-12(9-15-8-7-14(12)2)10-5-3-4-6-11(10)13/h3-6H,7-9H2,1-2H3. The van der Waals surface area contributed by atoms with Gasteiger partial charge in [0.25, 0.3) is 0 Å². The zero-order valence-corrected chi connectivity index (χ0v) is 9.16. The van der Waals surface area contributed by atoms with E-state index in [4.69, 9.17) is 4.74 Å². The van der Waals surface area contributed by atoms with Gasteiger partial charge in [-0.1, -0.05) is 18.2 Å². The van der Waals surface area contributed by atoms with Crippen LogP contribution in [0, 0.1) is 5.82 Å². The van der Waals surface area contributed by atoms with E-state index < -0.39 is 0 Å². The van der Waals surface area contributed by atoms with Gasteiger partial charge >= 0.3 is 0 Å². The van der Waals surface area contributed by atoms with Crippen LogP contribution < -0.4 is 0 Å². The summed E-state index contributed by atoms with van der Waals surface area (Å²) in [7, 11) is 2.01.